The van der Waals surface area contributed by atoms with Crippen molar-refractivity contribution in [3.8, 4) is 5.88 Å². The normalized spacial score (nSPS) is 20.4. The van der Waals surface area contributed by atoms with Crippen molar-refractivity contribution < 1.29 is 14.2 Å². The van der Waals surface area contributed by atoms with Gasteiger partial charge in [0.05, 0.1) is 37.8 Å². The number of nitrogens with zero attached hydrogens (tertiary/aromatic N) is 4. The van der Waals surface area contributed by atoms with E-state index in [2.05, 4.69) is 27.3 Å². The van der Waals surface area contributed by atoms with Crippen molar-refractivity contribution in [3.05, 3.63) is 24.4 Å². The summed E-state index contributed by atoms with van der Waals surface area (Å²) in [5.41, 5.74) is 0.660. The van der Waals surface area contributed by atoms with Gasteiger partial charge in [0.15, 0.2) is 0 Å². The molecule has 7 nitrogen and oxygen atoms in total. The van der Waals surface area contributed by atoms with Crippen molar-refractivity contribution in [3.63, 3.8) is 0 Å². The van der Waals surface area contributed by atoms with Gasteiger partial charge in [-0.3, -0.25) is 4.68 Å². The van der Waals surface area contributed by atoms with Crippen molar-refractivity contribution in [2.75, 3.05) is 18.5 Å². The molecule has 2 N–H and O–H groups in total. The summed E-state index contributed by atoms with van der Waals surface area (Å²) in [5.74, 6) is 0.884. The summed E-state index contributed by atoms with van der Waals surface area (Å²) >= 11 is 0. The van der Waals surface area contributed by atoms with Crippen LogP contribution in [0.2, 0.25) is 0 Å². The van der Waals surface area contributed by atoms with Gasteiger partial charge < -0.3 is 15.2 Å². The molecule has 0 spiro atoms. The highest BCUT2D eigenvalue weighted by molar-refractivity contribution is 5.50. The number of aliphatic hydroxyl groups is 1. The van der Waals surface area contributed by atoms with Gasteiger partial charge in [-0.15, -0.1) is 0 Å². The summed E-state index contributed by atoms with van der Waals surface area (Å²) in [6.07, 6.45) is 9.03. The summed E-state index contributed by atoms with van der Waals surface area (Å²) in [7, 11) is 0. The number of hydrogen-bond acceptors (Lipinski definition) is 6. The number of nitrogens with one attached hydrogen (secondary N) is 1. The average Bonchev–Trinajstić information content (AvgIpc) is 3.04. The maximum atomic E-state index is 13.9. The maximum Gasteiger partial charge on any atom is 0.255 e. The molecular formula is C17H24FN5O2. The Bertz CT molecular complexity index is 685. The molecule has 0 aromatic carbocycles. The minimum absolute atomic E-state index is 0.00605. The standard InChI is InChI=1S/C17H24FN5O2/c1-12-2-4-13(5-3-12)11-25-16-15(18)9-19-17(22-16)21-14-8-20-23(10-14)6-7-24/h8-10,12-13,24H,2-7,11H2,1H3,(H,19,21,22). The number of rotatable bonds is 7. The Labute approximate surface area is 146 Å². The van der Waals surface area contributed by atoms with Gasteiger partial charge in [-0.25, -0.2) is 4.98 Å². The summed E-state index contributed by atoms with van der Waals surface area (Å²) < 4.78 is 21.1. The van der Waals surface area contributed by atoms with E-state index in [-0.39, 0.29) is 18.4 Å². The average molecular weight is 349 g/mol. The minimum atomic E-state index is -0.564. The molecule has 2 aromatic heterocycles. The van der Waals surface area contributed by atoms with Gasteiger partial charge in [-0.2, -0.15) is 14.5 Å². The van der Waals surface area contributed by atoms with Crippen LogP contribution >= 0.6 is 0 Å². The van der Waals surface area contributed by atoms with Crippen LogP contribution in [0.5, 0.6) is 5.88 Å². The number of ether oxygens (including phenoxy) is 1. The lowest BCUT2D eigenvalue weighted by Crippen LogP contribution is -2.19. The lowest BCUT2D eigenvalue weighted by molar-refractivity contribution is 0.178. The second-order valence-electron chi connectivity index (χ2n) is 6.62. The minimum Gasteiger partial charge on any atom is -0.475 e. The van der Waals surface area contributed by atoms with E-state index in [1.807, 2.05) is 0 Å². The predicted octanol–water partition coefficient (Wildman–Crippen LogP) is 2.75. The topological polar surface area (TPSA) is 85.1 Å². The molecule has 2 aromatic rings. The fourth-order valence-electron chi connectivity index (χ4n) is 2.99. The first-order valence-electron chi connectivity index (χ1n) is 8.69. The van der Waals surface area contributed by atoms with Crippen molar-refractivity contribution in [1.82, 2.24) is 19.7 Å². The summed E-state index contributed by atoms with van der Waals surface area (Å²) in [6, 6.07) is 0. The highest BCUT2D eigenvalue weighted by Crippen LogP contribution is 2.29. The SMILES string of the molecule is CC1CCC(COc2nc(Nc3cnn(CCO)c3)ncc2F)CC1. The van der Waals surface area contributed by atoms with E-state index in [0.717, 1.165) is 25.0 Å². The number of aliphatic hydroxyl groups excluding tert-OH is 1. The number of anilines is 2. The number of hydrogen-bond donors (Lipinski definition) is 2. The zero-order valence-electron chi connectivity index (χ0n) is 14.4. The van der Waals surface area contributed by atoms with Crippen LogP contribution < -0.4 is 10.1 Å². The largest absolute Gasteiger partial charge is 0.475 e. The monoisotopic (exact) mass is 349 g/mol. The Morgan fingerprint density at radius 2 is 2.12 bits per heavy atom. The summed E-state index contributed by atoms with van der Waals surface area (Å²) in [6.45, 7) is 3.16. The van der Waals surface area contributed by atoms with Crippen LogP contribution in [-0.2, 0) is 6.54 Å². The molecule has 8 heteroatoms. The molecule has 1 fully saturated rings. The third-order valence-corrected chi connectivity index (χ3v) is 4.52. The Morgan fingerprint density at radius 3 is 2.88 bits per heavy atom. The zero-order chi connectivity index (χ0) is 17.6. The Hall–Kier alpha value is -2.22. The van der Waals surface area contributed by atoms with E-state index < -0.39 is 5.82 Å². The molecule has 0 bridgehead atoms. The number of halogens is 1. The summed E-state index contributed by atoms with van der Waals surface area (Å²) in [4.78, 5) is 8.05. The van der Waals surface area contributed by atoms with E-state index in [9.17, 15) is 4.39 Å². The maximum absolute atomic E-state index is 13.9. The molecule has 0 atom stereocenters. The number of aromatic nitrogens is 4. The first-order chi connectivity index (χ1) is 12.1. The van der Waals surface area contributed by atoms with Crippen LogP contribution in [-0.4, -0.2) is 38.1 Å². The highest BCUT2D eigenvalue weighted by atomic mass is 19.1. The first kappa shape index (κ1) is 17.6. The molecule has 1 aliphatic rings. The van der Waals surface area contributed by atoms with Gasteiger partial charge in [-0.05, 0) is 24.7 Å². The lowest BCUT2D eigenvalue weighted by Gasteiger charge is -2.25. The van der Waals surface area contributed by atoms with E-state index in [1.165, 1.54) is 12.8 Å². The molecule has 3 rings (SSSR count). The van der Waals surface area contributed by atoms with E-state index in [1.54, 1.807) is 17.1 Å². The van der Waals surface area contributed by atoms with Gasteiger partial charge in [0.1, 0.15) is 0 Å². The molecule has 25 heavy (non-hydrogen) atoms. The van der Waals surface area contributed by atoms with Crippen LogP contribution in [0.1, 0.15) is 32.6 Å². The Balaban J connectivity index is 1.59. The third kappa shape index (κ3) is 4.88. The van der Waals surface area contributed by atoms with Gasteiger partial charge in [-0.1, -0.05) is 19.8 Å². The molecule has 1 saturated carbocycles. The molecule has 2 heterocycles. The smallest absolute Gasteiger partial charge is 0.255 e. The lowest BCUT2D eigenvalue weighted by atomic mass is 9.83. The Kier molecular flexibility index (Phi) is 5.80. The zero-order valence-corrected chi connectivity index (χ0v) is 14.4. The first-order valence-corrected chi connectivity index (χ1v) is 8.69. The van der Waals surface area contributed by atoms with E-state index in [0.29, 0.717) is 24.8 Å². The van der Waals surface area contributed by atoms with Gasteiger partial charge in [0.2, 0.25) is 11.8 Å². The van der Waals surface area contributed by atoms with Crippen LogP contribution in [0.3, 0.4) is 0 Å². The van der Waals surface area contributed by atoms with E-state index >= 15 is 0 Å². The van der Waals surface area contributed by atoms with Crippen LogP contribution in [0.4, 0.5) is 16.0 Å². The van der Waals surface area contributed by atoms with Gasteiger partial charge in [0, 0.05) is 6.20 Å². The van der Waals surface area contributed by atoms with Crippen LogP contribution in [0, 0.1) is 17.7 Å². The van der Waals surface area contributed by atoms with Crippen molar-refractivity contribution in [2.24, 2.45) is 11.8 Å². The fourth-order valence-corrected chi connectivity index (χ4v) is 2.99. The summed E-state index contributed by atoms with van der Waals surface area (Å²) in [5, 5.41) is 15.9. The van der Waals surface area contributed by atoms with Gasteiger partial charge >= 0.3 is 0 Å². The van der Waals surface area contributed by atoms with Crippen LogP contribution in [0.15, 0.2) is 18.6 Å². The van der Waals surface area contributed by atoms with Crippen molar-refractivity contribution in [1.29, 1.82) is 0 Å². The fraction of sp³-hybridized carbons (Fsp3) is 0.588. The second-order valence-corrected chi connectivity index (χ2v) is 6.62. The molecule has 0 saturated heterocycles. The second kappa shape index (κ2) is 8.24. The Morgan fingerprint density at radius 1 is 1.32 bits per heavy atom. The molecule has 0 aliphatic heterocycles. The predicted molar refractivity (Wildman–Crippen MR) is 91.2 cm³/mol. The van der Waals surface area contributed by atoms with Crippen molar-refractivity contribution in [2.45, 2.75) is 39.2 Å². The molecular weight excluding hydrogens is 325 g/mol. The van der Waals surface area contributed by atoms with Gasteiger partial charge in [0.25, 0.3) is 5.88 Å². The molecule has 0 unspecified atom stereocenters. The molecule has 1 aliphatic carbocycles. The highest BCUT2D eigenvalue weighted by Gasteiger charge is 2.20. The quantitative estimate of drug-likeness (QED) is 0.799. The van der Waals surface area contributed by atoms with E-state index in [4.69, 9.17) is 9.84 Å². The third-order valence-electron chi connectivity index (χ3n) is 4.52. The molecule has 0 radical (unpaired) electrons. The molecule has 136 valence electrons. The molecule has 0 amide bonds. The van der Waals surface area contributed by atoms with Crippen molar-refractivity contribution >= 4 is 11.6 Å². The van der Waals surface area contributed by atoms with Crippen LogP contribution in [0.25, 0.3) is 0 Å².